The zero-order valence-corrected chi connectivity index (χ0v) is 30.2. The molecule has 12 atom stereocenters. The Morgan fingerprint density at radius 2 is 0.978 bits per heavy atom. The fourth-order valence-corrected chi connectivity index (χ4v) is 16.3. The average molecular weight is 633 g/mol. The van der Waals surface area contributed by atoms with Crippen molar-refractivity contribution in [1.82, 2.24) is 0 Å². The SMILES string of the molecule is C[C@]12CC[C@@H]3[C@H](CCC4=CC(=O)CC[C@@]43C)[C@H]1CC[C@H]2O[Si](C)(C)O[C@@H]1CC[C@@H]2[C@@H]3CCC4=CC(=O)CC[C@@]4(C)[C@@H]3CC[C@@]21C. The minimum Gasteiger partial charge on any atom is -0.391 e. The lowest BCUT2D eigenvalue weighted by Crippen LogP contribution is -2.55. The van der Waals surface area contributed by atoms with Crippen molar-refractivity contribution in [2.45, 2.75) is 156 Å². The highest BCUT2D eigenvalue weighted by molar-refractivity contribution is 6.64. The quantitative estimate of drug-likeness (QED) is 0.290. The van der Waals surface area contributed by atoms with E-state index in [1.54, 1.807) is 0 Å². The number of fused-ring (bicyclic) bond motifs is 10. The topological polar surface area (TPSA) is 52.6 Å². The summed E-state index contributed by atoms with van der Waals surface area (Å²) < 4.78 is 14.6. The Kier molecular flexibility index (Phi) is 7.27. The van der Waals surface area contributed by atoms with Gasteiger partial charge in [0.05, 0.1) is 12.2 Å². The maximum atomic E-state index is 12.3. The van der Waals surface area contributed by atoms with Crippen molar-refractivity contribution in [1.29, 1.82) is 0 Å². The van der Waals surface area contributed by atoms with Crippen LogP contribution in [0.2, 0.25) is 13.1 Å². The molecule has 8 rings (SSSR count). The molecule has 8 aliphatic carbocycles. The van der Waals surface area contributed by atoms with E-state index in [0.717, 1.165) is 74.0 Å². The molecule has 0 bridgehead atoms. The largest absolute Gasteiger partial charge is 0.391 e. The molecule has 6 saturated carbocycles. The maximum Gasteiger partial charge on any atom is 0.332 e. The monoisotopic (exact) mass is 632 g/mol. The lowest BCUT2D eigenvalue weighted by Gasteiger charge is -2.58. The van der Waals surface area contributed by atoms with Crippen molar-refractivity contribution >= 4 is 20.1 Å². The Morgan fingerprint density at radius 3 is 1.40 bits per heavy atom. The van der Waals surface area contributed by atoms with Crippen LogP contribution in [0.5, 0.6) is 0 Å². The molecule has 5 heteroatoms. The van der Waals surface area contributed by atoms with E-state index in [1.807, 2.05) is 12.2 Å². The summed E-state index contributed by atoms with van der Waals surface area (Å²) in [6.45, 7) is 14.9. The van der Waals surface area contributed by atoms with Crippen LogP contribution in [0, 0.1) is 57.2 Å². The van der Waals surface area contributed by atoms with E-state index < -0.39 is 8.56 Å². The molecule has 248 valence electrons. The number of hydrogen-bond donors (Lipinski definition) is 0. The molecule has 0 aromatic rings. The van der Waals surface area contributed by atoms with Gasteiger partial charge in [-0.15, -0.1) is 0 Å². The first-order chi connectivity index (χ1) is 21.3. The zero-order valence-electron chi connectivity index (χ0n) is 29.2. The molecule has 0 aliphatic heterocycles. The molecule has 8 aliphatic rings. The Morgan fingerprint density at radius 1 is 0.556 bits per heavy atom. The fraction of sp³-hybridized carbons (Fsp3) is 0.850. The summed E-state index contributed by atoms with van der Waals surface area (Å²) in [6.07, 6.45) is 23.2. The third-order valence-corrected chi connectivity index (χ3v) is 18.3. The third kappa shape index (κ3) is 4.61. The van der Waals surface area contributed by atoms with Crippen molar-refractivity contribution in [3.05, 3.63) is 23.3 Å². The predicted octanol–water partition coefficient (Wildman–Crippen LogP) is 9.52. The van der Waals surface area contributed by atoms with Crippen LogP contribution < -0.4 is 0 Å². The molecule has 0 N–H and O–H groups in total. The maximum absolute atomic E-state index is 12.3. The van der Waals surface area contributed by atoms with Crippen molar-refractivity contribution in [3.8, 4) is 0 Å². The van der Waals surface area contributed by atoms with Gasteiger partial charge in [-0.05, 0) is 172 Å². The lowest BCUT2D eigenvalue weighted by atomic mass is 9.47. The average Bonchev–Trinajstić information content (AvgIpc) is 3.49. The molecule has 0 amide bonds. The van der Waals surface area contributed by atoms with Crippen LogP contribution >= 0.6 is 0 Å². The summed E-state index contributed by atoms with van der Waals surface area (Å²) in [7, 11) is -2.36. The van der Waals surface area contributed by atoms with Gasteiger partial charge in [0, 0.05) is 12.8 Å². The van der Waals surface area contributed by atoms with Crippen LogP contribution in [0.4, 0.5) is 0 Å². The number of ketones is 2. The van der Waals surface area contributed by atoms with Crippen LogP contribution in [-0.4, -0.2) is 32.3 Å². The molecule has 6 fully saturated rings. The van der Waals surface area contributed by atoms with Crippen molar-refractivity contribution in [3.63, 3.8) is 0 Å². The smallest absolute Gasteiger partial charge is 0.332 e. The van der Waals surface area contributed by atoms with E-state index in [9.17, 15) is 9.59 Å². The molecule has 4 nitrogen and oxygen atoms in total. The second-order valence-electron chi connectivity index (χ2n) is 18.8. The van der Waals surface area contributed by atoms with E-state index in [4.69, 9.17) is 8.85 Å². The minimum absolute atomic E-state index is 0.240. The zero-order chi connectivity index (χ0) is 31.6. The van der Waals surface area contributed by atoms with Crippen molar-refractivity contribution < 1.29 is 18.4 Å². The summed E-state index contributed by atoms with van der Waals surface area (Å²) in [5.74, 6) is 5.23. The molecule has 0 aromatic heterocycles. The molecule has 45 heavy (non-hydrogen) atoms. The van der Waals surface area contributed by atoms with Crippen LogP contribution in [0.25, 0.3) is 0 Å². The summed E-state index contributed by atoms with van der Waals surface area (Å²) in [5, 5.41) is 0. The Labute approximate surface area is 274 Å². The molecular formula is C40H60O4Si. The molecular weight excluding hydrogens is 573 g/mol. The molecule has 0 spiro atoms. The molecule has 0 aromatic carbocycles. The molecule has 0 unspecified atom stereocenters. The lowest BCUT2D eigenvalue weighted by molar-refractivity contribution is -0.118. The van der Waals surface area contributed by atoms with E-state index in [-0.39, 0.29) is 21.7 Å². The second kappa shape index (κ2) is 10.5. The van der Waals surface area contributed by atoms with Crippen molar-refractivity contribution in [2.24, 2.45) is 57.2 Å². The third-order valence-electron chi connectivity index (χ3n) is 16.6. The summed E-state index contributed by atoms with van der Waals surface area (Å²) in [6, 6.07) is 0. The van der Waals surface area contributed by atoms with Crippen LogP contribution in [0.15, 0.2) is 23.3 Å². The number of hydrogen-bond acceptors (Lipinski definition) is 4. The van der Waals surface area contributed by atoms with Gasteiger partial charge in [0.25, 0.3) is 0 Å². The van der Waals surface area contributed by atoms with Gasteiger partial charge < -0.3 is 8.85 Å². The highest BCUT2D eigenvalue weighted by atomic mass is 28.4. The van der Waals surface area contributed by atoms with Gasteiger partial charge in [0.1, 0.15) is 0 Å². The summed E-state index contributed by atoms with van der Waals surface area (Å²) in [4.78, 5) is 24.5. The van der Waals surface area contributed by atoms with Crippen molar-refractivity contribution in [2.75, 3.05) is 0 Å². The normalized spacial score (nSPS) is 50.8. The summed E-state index contributed by atoms with van der Waals surface area (Å²) in [5.41, 5.74) is 3.93. The van der Waals surface area contributed by atoms with Crippen LogP contribution in [-0.2, 0) is 18.4 Å². The molecule has 0 radical (unpaired) electrons. The molecule has 0 saturated heterocycles. The van der Waals surface area contributed by atoms with E-state index in [1.165, 1.54) is 75.4 Å². The standard InChI is InChI=1S/C40H60O4Si/c1-37-19-15-27(41)23-25(37)7-9-29-31-11-13-35(39(31,3)21-17-33(29)37)43-45(5,6)44-36-14-12-32-30-10-8-26-24-28(42)16-20-38(26,2)34(30)18-22-40(32,36)4/h23-24,29-36H,7-22H2,1-6H3/t29-,30+,31-,32-,33-,34-,35-,36-,37+,38-,39+,40+/m1/s1. The van der Waals surface area contributed by atoms with E-state index in [2.05, 4.69) is 40.8 Å². The van der Waals surface area contributed by atoms with Gasteiger partial charge >= 0.3 is 8.56 Å². The number of carbonyl (C=O) groups excluding carboxylic acids is 2. The number of allylic oxidation sites excluding steroid dienone is 2. The van der Waals surface area contributed by atoms with E-state index >= 15 is 0 Å². The first-order valence-electron chi connectivity index (χ1n) is 19.1. The number of carbonyl (C=O) groups is 2. The first kappa shape index (κ1) is 31.2. The van der Waals surface area contributed by atoms with Gasteiger partial charge in [0.15, 0.2) is 11.6 Å². The Balaban J connectivity index is 0.951. The van der Waals surface area contributed by atoms with Crippen LogP contribution in [0.3, 0.4) is 0 Å². The Bertz CT molecular complexity index is 1230. The van der Waals surface area contributed by atoms with Gasteiger partial charge in [-0.25, -0.2) is 0 Å². The number of rotatable bonds is 4. The second-order valence-corrected chi connectivity index (χ2v) is 22.1. The molecule has 0 heterocycles. The van der Waals surface area contributed by atoms with Gasteiger partial charge in [-0.2, -0.15) is 0 Å². The summed E-state index contributed by atoms with van der Waals surface area (Å²) >= 11 is 0. The predicted molar refractivity (Wildman–Crippen MR) is 181 cm³/mol. The highest BCUT2D eigenvalue weighted by Crippen LogP contribution is 2.68. The first-order valence-corrected chi connectivity index (χ1v) is 21.9. The highest BCUT2D eigenvalue weighted by Gasteiger charge is 2.62. The van der Waals surface area contributed by atoms with Gasteiger partial charge in [-0.3, -0.25) is 9.59 Å². The van der Waals surface area contributed by atoms with E-state index in [0.29, 0.717) is 23.8 Å². The Hall–Kier alpha value is -1.04. The minimum atomic E-state index is -2.36. The van der Waals surface area contributed by atoms with Gasteiger partial charge in [-0.1, -0.05) is 38.8 Å². The van der Waals surface area contributed by atoms with Crippen LogP contribution in [0.1, 0.15) is 130 Å². The van der Waals surface area contributed by atoms with Gasteiger partial charge in [0.2, 0.25) is 0 Å². The fourth-order valence-electron chi connectivity index (χ4n) is 14.1.